The SMILES string of the molecule is CC(Br)CCCCc1nccn1C. The number of imidazole rings is 1. The van der Waals surface area contributed by atoms with E-state index in [0.29, 0.717) is 4.83 Å². The first-order valence-electron chi connectivity index (χ1n) is 4.80. The number of hydrogen-bond acceptors (Lipinski definition) is 1. The van der Waals surface area contributed by atoms with E-state index in [1.165, 1.54) is 25.1 Å². The monoisotopic (exact) mass is 244 g/mol. The predicted octanol–water partition coefficient (Wildman–Crippen LogP) is 2.92. The van der Waals surface area contributed by atoms with Gasteiger partial charge in [0.2, 0.25) is 0 Å². The maximum atomic E-state index is 4.28. The van der Waals surface area contributed by atoms with Crippen LogP contribution >= 0.6 is 15.9 Å². The average Bonchev–Trinajstić information content (AvgIpc) is 2.45. The number of nitrogens with zero attached hydrogens (tertiary/aromatic N) is 2. The van der Waals surface area contributed by atoms with Crippen molar-refractivity contribution in [3.8, 4) is 0 Å². The number of aromatic nitrogens is 2. The summed E-state index contributed by atoms with van der Waals surface area (Å²) in [6.45, 7) is 2.20. The number of rotatable bonds is 5. The largest absolute Gasteiger partial charge is 0.338 e. The Labute approximate surface area is 88.5 Å². The van der Waals surface area contributed by atoms with E-state index in [1.54, 1.807) is 0 Å². The quantitative estimate of drug-likeness (QED) is 0.576. The average molecular weight is 245 g/mol. The van der Waals surface area contributed by atoms with Crippen molar-refractivity contribution in [3.05, 3.63) is 18.2 Å². The normalized spacial score (nSPS) is 13.2. The van der Waals surface area contributed by atoms with Crippen LogP contribution in [-0.4, -0.2) is 14.4 Å². The molecule has 0 bridgehead atoms. The number of hydrogen-bond donors (Lipinski definition) is 0. The molecule has 1 atom stereocenters. The van der Waals surface area contributed by atoms with Gasteiger partial charge in [0, 0.05) is 30.7 Å². The van der Waals surface area contributed by atoms with E-state index in [4.69, 9.17) is 0 Å². The zero-order valence-corrected chi connectivity index (χ0v) is 9.92. The first kappa shape index (κ1) is 10.8. The maximum absolute atomic E-state index is 4.28. The van der Waals surface area contributed by atoms with Gasteiger partial charge in [0.25, 0.3) is 0 Å². The molecule has 0 fully saturated rings. The molecule has 13 heavy (non-hydrogen) atoms. The fraction of sp³-hybridized carbons (Fsp3) is 0.700. The van der Waals surface area contributed by atoms with Crippen molar-refractivity contribution >= 4 is 15.9 Å². The van der Waals surface area contributed by atoms with Gasteiger partial charge in [0.1, 0.15) is 5.82 Å². The fourth-order valence-electron chi connectivity index (χ4n) is 1.35. The third-order valence-electron chi connectivity index (χ3n) is 2.17. The van der Waals surface area contributed by atoms with Gasteiger partial charge in [-0.2, -0.15) is 0 Å². The summed E-state index contributed by atoms with van der Waals surface area (Å²) in [6, 6.07) is 0. The zero-order valence-electron chi connectivity index (χ0n) is 8.33. The first-order valence-corrected chi connectivity index (χ1v) is 5.72. The molecule has 2 nitrogen and oxygen atoms in total. The minimum atomic E-state index is 0.647. The minimum Gasteiger partial charge on any atom is -0.338 e. The molecular weight excluding hydrogens is 228 g/mol. The van der Waals surface area contributed by atoms with Gasteiger partial charge < -0.3 is 4.57 Å². The Morgan fingerprint density at radius 1 is 1.54 bits per heavy atom. The highest BCUT2D eigenvalue weighted by Crippen LogP contribution is 2.10. The summed E-state index contributed by atoms with van der Waals surface area (Å²) in [6.07, 6.45) is 8.73. The molecule has 1 aromatic rings. The summed E-state index contributed by atoms with van der Waals surface area (Å²) in [5.74, 6) is 1.20. The van der Waals surface area contributed by atoms with E-state index in [1.807, 2.05) is 12.4 Å². The third-order valence-corrected chi connectivity index (χ3v) is 2.63. The molecular formula is C10H17BrN2. The molecule has 1 rings (SSSR count). The minimum absolute atomic E-state index is 0.647. The molecule has 0 aliphatic carbocycles. The van der Waals surface area contributed by atoms with Gasteiger partial charge in [-0.25, -0.2) is 4.98 Å². The van der Waals surface area contributed by atoms with Gasteiger partial charge in [0.05, 0.1) is 0 Å². The molecule has 3 heteroatoms. The van der Waals surface area contributed by atoms with Crippen LogP contribution < -0.4 is 0 Å². The number of unbranched alkanes of at least 4 members (excludes halogenated alkanes) is 1. The predicted molar refractivity (Wildman–Crippen MR) is 59.2 cm³/mol. The lowest BCUT2D eigenvalue weighted by Crippen LogP contribution is -1.98. The Kier molecular flexibility index (Phi) is 4.50. The van der Waals surface area contributed by atoms with Crippen LogP contribution in [0.4, 0.5) is 0 Å². The van der Waals surface area contributed by atoms with Crippen molar-refractivity contribution in [2.24, 2.45) is 7.05 Å². The van der Waals surface area contributed by atoms with Gasteiger partial charge in [-0.05, 0) is 12.8 Å². The summed E-state index contributed by atoms with van der Waals surface area (Å²) in [4.78, 5) is 4.93. The highest BCUT2D eigenvalue weighted by molar-refractivity contribution is 9.09. The summed E-state index contributed by atoms with van der Waals surface area (Å²) in [5.41, 5.74) is 0. The standard InChI is InChI=1S/C10H17BrN2/c1-9(11)5-3-4-6-10-12-7-8-13(10)2/h7-9H,3-6H2,1-2H3. The lowest BCUT2D eigenvalue weighted by molar-refractivity contribution is 0.648. The van der Waals surface area contributed by atoms with E-state index < -0.39 is 0 Å². The molecule has 0 amide bonds. The fourth-order valence-corrected chi connectivity index (χ4v) is 1.67. The van der Waals surface area contributed by atoms with Gasteiger partial charge in [-0.1, -0.05) is 29.3 Å². The lowest BCUT2D eigenvalue weighted by Gasteiger charge is -2.03. The molecule has 0 aliphatic rings. The van der Waals surface area contributed by atoms with Gasteiger partial charge >= 0.3 is 0 Å². The third kappa shape index (κ3) is 3.94. The Morgan fingerprint density at radius 3 is 2.85 bits per heavy atom. The number of halogens is 1. The van der Waals surface area contributed by atoms with Crippen LogP contribution in [0.2, 0.25) is 0 Å². The van der Waals surface area contributed by atoms with Crippen molar-refractivity contribution in [1.29, 1.82) is 0 Å². The highest BCUT2D eigenvalue weighted by atomic mass is 79.9. The second-order valence-electron chi connectivity index (χ2n) is 3.48. The van der Waals surface area contributed by atoms with Crippen molar-refractivity contribution in [2.45, 2.75) is 37.4 Å². The Hall–Kier alpha value is -0.310. The maximum Gasteiger partial charge on any atom is 0.108 e. The van der Waals surface area contributed by atoms with E-state index in [0.717, 1.165) is 6.42 Å². The number of alkyl halides is 1. The molecule has 0 saturated heterocycles. The Morgan fingerprint density at radius 2 is 2.31 bits per heavy atom. The number of aryl methyl sites for hydroxylation is 2. The second-order valence-corrected chi connectivity index (χ2v) is 5.04. The highest BCUT2D eigenvalue weighted by Gasteiger charge is 2.00. The molecule has 0 aromatic carbocycles. The topological polar surface area (TPSA) is 17.8 Å². The van der Waals surface area contributed by atoms with Crippen molar-refractivity contribution < 1.29 is 0 Å². The van der Waals surface area contributed by atoms with Crippen LogP contribution in [0.3, 0.4) is 0 Å². The molecule has 0 N–H and O–H groups in total. The molecule has 1 unspecified atom stereocenters. The summed E-state index contributed by atoms with van der Waals surface area (Å²) < 4.78 is 2.09. The molecule has 0 spiro atoms. The molecule has 0 aliphatic heterocycles. The molecule has 1 heterocycles. The molecule has 74 valence electrons. The van der Waals surface area contributed by atoms with Crippen molar-refractivity contribution in [3.63, 3.8) is 0 Å². The summed E-state index contributed by atoms with van der Waals surface area (Å²) >= 11 is 3.55. The second kappa shape index (κ2) is 5.43. The van der Waals surface area contributed by atoms with E-state index in [2.05, 4.69) is 39.5 Å². The summed E-state index contributed by atoms with van der Waals surface area (Å²) in [7, 11) is 2.05. The van der Waals surface area contributed by atoms with Crippen LogP contribution in [0.5, 0.6) is 0 Å². The summed E-state index contributed by atoms with van der Waals surface area (Å²) in [5, 5.41) is 0. The van der Waals surface area contributed by atoms with Gasteiger partial charge in [-0.3, -0.25) is 0 Å². The van der Waals surface area contributed by atoms with Crippen molar-refractivity contribution in [2.75, 3.05) is 0 Å². The Balaban J connectivity index is 2.17. The van der Waals surface area contributed by atoms with Crippen LogP contribution in [0.15, 0.2) is 12.4 Å². The van der Waals surface area contributed by atoms with Crippen molar-refractivity contribution in [1.82, 2.24) is 9.55 Å². The van der Waals surface area contributed by atoms with Crippen LogP contribution in [0.1, 0.15) is 32.0 Å². The van der Waals surface area contributed by atoms with Gasteiger partial charge in [0.15, 0.2) is 0 Å². The lowest BCUT2D eigenvalue weighted by atomic mass is 10.1. The van der Waals surface area contributed by atoms with Crippen LogP contribution in [-0.2, 0) is 13.5 Å². The van der Waals surface area contributed by atoms with Crippen LogP contribution in [0.25, 0.3) is 0 Å². The van der Waals surface area contributed by atoms with E-state index in [9.17, 15) is 0 Å². The van der Waals surface area contributed by atoms with Gasteiger partial charge in [-0.15, -0.1) is 0 Å². The molecule has 0 radical (unpaired) electrons. The zero-order chi connectivity index (χ0) is 9.68. The molecule has 1 aromatic heterocycles. The smallest absolute Gasteiger partial charge is 0.108 e. The van der Waals surface area contributed by atoms with Crippen LogP contribution in [0, 0.1) is 0 Å². The van der Waals surface area contributed by atoms with E-state index in [-0.39, 0.29) is 0 Å². The molecule has 0 saturated carbocycles. The Bertz CT molecular complexity index is 243. The first-order chi connectivity index (χ1) is 6.20. The van der Waals surface area contributed by atoms with E-state index >= 15 is 0 Å².